The topological polar surface area (TPSA) is 55.8 Å². The second kappa shape index (κ2) is 6.32. The van der Waals surface area contributed by atoms with Gasteiger partial charge in [-0.3, -0.25) is 14.5 Å². The number of carbonyl (C=O) groups is 2. The van der Waals surface area contributed by atoms with Crippen molar-refractivity contribution in [2.75, 3.05) is 27.2 Å². The van der Waals surface area contributed by atoms with E-state index < -0.39 is 17.0 Å². The Morgan fingerprint density at radius 1 is 1.26 bits per heavy atom. The van der Waals surface area contributed by atoms with Crippen LogP contribution in [0.25, 0.3) is 0 Å². The van der Waals surface area contributed by atoms with Crippen molar-refractivity contribution >= 4 is 11.8 Å². The maximum atomic E-state index is 12.8. The van der Waals surface area contributed by atoms with Crippen LogP contribution >= 0.6 is 0 Å². The lowest BCUT2D eigenvalue weighted by Crippen LogP contribution is -2.45. The maximum absolute atomic E-state index is 12.8. The Bertz CT molecular complexity index is 588. The van der Waals surface area contributed by atoms with E-state index in [1.807, 2.05) is 57.0 Å². The molecule has 0 spiro atoms. The summed E-state index contributed by atoms with van der Waals surface area (Å²) in [6, 6.07) is 7.44. The summed E-state index contributed by atoms with van der Waals surface area (Å²) in [6.07, 6.45) is 0.342. The number of hydrogen-bond acceptors (Lipinski definition) is 5. The van der Waals surface area contributed by atoms with E-state index in [0.29, 0.717) is 13.0 Å². The largest absolute Gasteiger partial charge is 0.497 e. The molecule has 1 saturated heterocycles. The molecule has 0 saturated carbocycles. The third kappa shape index (κ3) is 3.91. The van der Waals surface area contributed by atoms with Gasteiger partial charge in [0, 0.05) is 6.54 Å². The van der Waals surface area contributed by atoms with E-state index in [1.165, 1.54) is 0 Å². The summed E-state index contributed by atoms with van der Waals surface area (Å²) >= 11 is 0. The van der Waals surface area contributed by atoms with Crippen molar-refractivity contribution in [1.82, 2.24) is 4.90 Å². The maximum Gasteiger partial charge on any atom is 0.321 e. The molecule has 1 aromatic rings. The van der Waals surface area contributed by atoms with Gasteiger partial charge in [-0.25, -0.2) is 0 Å². The monoisotopic (exact) mass is 319 g/mol. The first-order valence-electron chi connectivity index (χ1n) is 7.74. The highest BCUT2D eigenvalue weighted by molar-refractivity contribution is 6.07. The van der Waals surface area contributed by atoms with Crippen LogP contribution in [0.1, 0.15) is 26.3 Å². The minimum absolute atomic E-state index is 0.0786. The molecule has 1 aliphatic heterocycles. The number of ether oxygens (including phenoxy) is 2. The Kier molecular flexibility index (Phi) is 4.80. The van der Waals surface area contributed by atoms with Gasteiger partial charge in [0.15, 0.2) is 5.78 Å². The highest BCUT2D eigenvalue weighted by Gasteiger charge is 2.52. The average molecular weight is 319 g/mol. The number of esters is 1. The summed E-state index contributed by atoms with van der Waals surface area (Å²) in [6.45, 7) is 6.10. The van der Waals surface area contributed by atoms with Crippen LogP contribution in [0, 0.1) is 5.41 Å². The predicted molar refractivity (Wildman–Crippen MR) is 87.5 cm³/mol. The fourth-order valence-corrected chi connectivity index (χ4v) is 2.87. The summed E-state index contributed by atoms with van der Waals surface area (Å²) in [5.74, 6) is 0.232. The van der Waals surface area contributed by atoms with E-state index in [9.17, 15) is 9.59 Å². The molecule has 1 atom stereocenters. The van der Waals surface area contributed by atoms with Gasteiger partial charge in [0.1, 0.15) is 16.8 Å². The summed E-state index contributed by atoms with van der Waals surface area (Å²) < 4.78 is 10.7. The molecule has 0 N–H and O–H groups in total. The fourth-order valence-electron chi connectivity index (χ4n) is 2.87. The molecule has 2 rings (SSSR count). The number of benzene rings is 1. The van der Waals surface area contributed by atoms with Gasteiger partial charge in [-0.2, -0.15) is 0 Å². The fraction of sp³-hybridized carbons (Fsp3) is 0.556. The van der Waals surface area contributed by atoms with Crippen LogP contribution in [-0.4, -0.2) is 49.5 Å². The summed E-state index contributed by atoms with van der Waals surface area (Å²) in [5.41, 5.74) is -0.831. The number of likely N-dealkylation sites (N-methyl/N-ethyl adjacent to an activating group) is 1. The normalized spacial score (nSPS) is 22.2. The zero-order valence-corrected chi connectivity index (χ0v) is 14.5. The highest BCUT2D eigenvalue weighted by atomic mass is 16.6. The smallest absolute Gasteiger partial charge is 0.321 e. The first-order chi connectivity index (χ1) is 10.7. The molecule has 1 aliphatic rings. The Hall–Kier alpha value is -1.88. The van der Waals surface area contributed by atoms with Crippen molar-refractivity contribution in [3.63, 3.8) is 0 Å². The van der Waals surface area contributed by atoms with E-state index in [4.69, 9.17) is 9.47 Å². The second-order valence-electron chi connectivity index (χ2n) is 7.20. The van der Waals surface area contributed by atoms with E-state index in [0.717, 1.165) is 11.3 Å². The first kappa shape index (κ1) is 17.5. The van der Waals surface area contributed by atoms with Gasteiger partial charge in [0.2, 0.25) is 0 Å². The lowest BCUT2D eigenvalue weighted by Gasteiger charge is -2.30. The van der Waals surface area contributed by atoms with Crippen molar-refractivity contribution in [3.8, 4) is 5.75 Å². The number of nitrogens with zero attached hydrogens (tertiary/aromatic N) is 1. The zero-order valence-electron chi connectivity index (χ0n) is 14.5. The van der Waals surface area contributed by atoms with Crippen LogP contribution in [0.5, 0.6) is 5.75 Å². The molecule has 0 amide bonds. The van der Waals surface area contributed by atoms with Gasteiger partial charge < -0.3 is 9.47 Å². The molecule has 1 heterocycles. The third-order valence-electron chi connectivity index (χ3n) is 3.94. The van der Waals surface area contributed by atoms with Crippen LogP contribution in [0.15, 0.2) is 24.3 Å². The van der Waals surface area contributed by atoms with E-state index in [2.05, 4.69) is 0 Å². The van der Waals surface area contributed by atoms with Gasteiger partial charge in [-0.05, 0) is 51.9 Å². The number of likely N-dealkylation sites (tertiary alicyclic amines) is 1. The molecule has 1 aromatic carbocycles. The molecule has 0 unspecified atom stereocenters. The number of carbonyl (C=O) groups excluding carboxylic acids is 2. The number of methoxy groups -OCH3 is 1. The summed E-state index contributed by atoms with van der Waals surface area (Å²) in [5, 5.41) is 0. The molecule has 5 nitrogen and oxygen atoms in total. The molecule has 0 radical (unpaired) electrons. The van der Waals surface area contributed by atoms with Gasteiger partial charge in [0.05, 0.1) is 13.7 Å². The van der Waals surface area contributed by atoms with Crippen molar-refractivity contribution in [2.45, 2.75) is 32.8 Å². The predicted octanol–water partition coefficient (Wildman–Crippen LogP) is 2.08. The Morgan fingerprint density at radius 2 is 1.87 bits per heavy atom. The molecule has 0 bridgehead atoms. The Balaban J connectivity index is 2.30. The first-order valence-corrected chi connectivity index (χ1v) is 7.74. The van der Waals surface area contributed by atoms with Crippen LogP contribution < -0.4 is 4.74 Å². The average Bonchev–Trinajstić information content (AvgIpc) is 2.73. The molecule has 5 heteroatoms. The zero-order chi connectivity index (χ0) is 17.3. The van der Waals surface area contributed by atoms with Crippen molar-refractivity contribution in [3.05, 3.63) is 29.8 Å². The molecule has 23 heavy (non-hydrogen) atoms. The van der Waals surface area contributed by atoms with Gasteiger partial charge >= 0.3 is 5.97 Å². The van der Waals surface area contributed by atoms with Crippen LogP contribution in [0.4, 0.5) is 0 Å². The number of rotatable bonds is 4. The quantitative estimate of drug-likeness (QED) is 0.628. The minimum atomic E-state index is -1.13. The number of ketones is 1. The Labute approximate surface area is 137 Å². The number of Topliss-reactive ketones (excluding diaryl/α,β-unsaturated/α-hetero) is 1. The van der Waals surface area contributed by atoms with Crippen molar-refractivity contribution in [1.29, 1.82) is 0 Å². The van der Waals surface area contributed by atoms with Gasteiger partial charge in [-0.1, -0.05) is 12.1 Å². The van der Waals surface area contributed by atoms with Crippen molar-refractivity contribution < 1.29 is 19.1 Å². The summed E-state index contributed by atoms with van der Waals surface area (Å²) in [7, 11) is 3.45. The van der Waals surface area contributed by atoms with Crippen molar-refractivity contribution in [2.24, 2.45) is 5.41 Å². The van der Waals surface area contributed by atoms with Crippen LogP contribution in [-0.2, 0) is 20.7 Å². The lowest BCUT2D eigenvalue weighted by molar-refractivity contribution is -0.168. The molecule has 0 aliphatic carbocycles. The summed E-state index contributed by atoms with van der Waals surface area (Å²) in [4.78, 5) is 27.2. The molecule has 1 fully saturated rings. The van der Waals surface area contributed by atoms with Crippen LogP contribution in [0.3, 0.4) is 0 Å². The highest BCUT2D eigenvalue weighted by Crippen LogP contribution is 2.34. The van der Waals surface area contributed by atoms with E-state index >= 15 is 0 Å². The Morgan fingerprint density at radius 3 is 2.30 bits per heavy atom. The SMILES string of the molecule is COc1ccc(C[C@@]2(C(=O)OC(C)(C)C)CN(C)CC2=O)cc1. The standard InChI is InChI=1S/C18H25NO4/c1-17(2,3)23-16(21)18(12-19(4)11-15(18)20)10-13-6-8-14(22-5)9-7-13/h6-9H,10-12H2,1-5H3/t18-/m1/s1. The van der Waals surface area contributed by atoms with Crippen LogP contribution in [0.2, 0.25) is 0 Å². The molecule has 0 aromatic heterocycles. The number of hydrogen-bond donors (Lipinski definition) is 0. The molecule has 126 valence electrons. The van der Waals surface area contributed by atoms with Gasteiger partial charge in [0.25, 0.3) is 0 Å². The van der Waals surface area contributed by atoms with E-state index in [1.54, 1.807) is 7.11 Å². The third-order valence-corrected chi connectivity index (χ3v) is 3.94. The lowest BCUT2D eigenvalue weighted by atomic mass is 9.79. The second-order valence-corrected chi connectivity index (χ2v) is 7.20. The molecular formula is C18H25NO4. The minimum Gasteiger partial charge on any atom is -0.497 e. The van der Waals surface area contributed by atoms with Gasteiger partial charge in [-0.15, -0.1) is 0 Å². The van der Waals surface area contributed by atoms with E-state index in [-0.39, 0.29) is 12.3 Å². The molecular weight excluding hydrogens is 294 g/mol.